The second-order valence-corrected chi connectivity index (χ2v) is 8.68. The molecule has 1 atom stereocenters. The third kappa shape index (κ3) is 6.09. The average Bonchev–Trinajstić information content (AvgIpc) is 2.80. The molecule has 0 aliphatic carbocycles. The van der Waals surface area contributed by atoms with Gasteiger partial charge < -0.3 is 27.4 Å². The molecular weight excluding hydrogens is 475 g/mol. The number of hydrogen-bond acceptors (Lipinski definition) is 4. The van der Waals surface area contributed by atoms with Crippen LogP contribution in [0.25, 0.3) is 10.8 Å². The molecule has 0 aromatic heterocycles. The summed E-state index contributed by atoms with van der Waals surface area (Å²) in [4.78, 5) is 27.6. The van der Waals surface area contributed by atoms with E-state index in [-0.39, 0.29) is 40.6 Å². The van der Waals surface area contributed by atoms with Gasteiger partial charge in [0.1, 0.15) is 6.04 Å². The smallest absolute Gasteiger partial charge is 0.254 e. The van der Waals surface area contributed by atoms with E-state index in [1.165, 1.54) is 4.90 Å². The number of nitrogens with zero attached hydrogens (tertiary/aromatic N) is 1. The fraction of sp³-hybridized carbons (Fsp3) is 0.208. The summed E-state index contributed by atoms with van der Waals surface area (Å²) >= 11 is 12.4. The lowest BCUT2D eigenvalue weighted by Gasteiger charge is -2.30. The van der Waals surface area contributed by atoms with Crippen molar-refractivity contribution in [2.45, 2.75) is 25.4 Å². The zero-order valence-corrected chi connectivity index (χ0v) is 19.9. The van der Waals surface area contributed by atoms with Gasteiger partial charge in [-0.1, -0.05) is 53.5 Å². The molecule has 3 rings (SSSR count). The van der Waals surface area contributed by atoms with Gasteiger partial charge in [-0.3, -0.25) is 15.0 Å². The Morgan fingerprint density at radius 3 is 2.26 bits per heavy atom. The molecule has 0 radical (unpaired) electrons. The van der Waals surface area contributed by atoms with Crippen LogP contribution in [0.3, 0.4) is 0 Å². The van der Waals surface area contributed by atoms with E-state index >= 15 is 0 Å². The SMILES string of the molecule is N=C(N)NCCC[C@H](C(N)=O)N(Cc1cc(Cl)c(N)c(Cl)c1)C(=O)c1ccc2ccccc2c1. The standard InChI is InChI=1S/C24H26Cl2N6O2/c25-18-10-14(11-19(26)21(18)27)13-32(20(22(28)33)6-3-9-31-24(29)30)23(34)17-8-7-15-4-1-2-5-16(15)12-17/h1-2,4-5,7-8,10-12,20H,3,6,9,13,27H2,(H2,28,33)(H4,29,30,31)/t20-/m1/s1. The van der Waals surface area contributed by atoms with Gasteiger partial charge in [-0.05, 0) is 53.4 Å². The second-order valence-electron chi connectivity index (χ2n) is 7.87. The lowest BCUT2D eigenvalue weighted by atomic mass is 10.0. The molecule has 8 N–H and O–H groups in total. The molecule has 0 fully saturated rings. The molecule has 3 aromatic rings. The minimum absolute atomic E-state index is 0.0408. The number of carbonyl (C=O) groups excluding carboxylic acids is 2. The van der Waals surface area contributed by atoms with Gasteiger partial charge in [0.2, 0.25) is 5.91 Å². The van der Waals surface area contributed by atoms with Crippen LogP contribution < -0.4 is 22.5 Å². The first-order chi connectivity index (χ1) is 16.2. The monoisotopic (exact) mass is 500 g/mol. The topological polar surface area (TPSA) is 151 Å². The Bertz CT molecular complexity index is 1210. The maximum absolute atomic E-state index is 13.7. The lowest BCUT2D eigenvalue weighted by molar-refractivity contribution is -0.122. The van der Waals surface area contributed by atoms with Gasteiger partial charge in [-0.25, -0.2) is 0 Å². The number of anilines is 1. The predicted molar refractivity (Wildman–Crippen MR) is 137 cm³/mol. The molecule has 3 aromatic carbocycles. The van der Waals surface area contributed by atoms with E-state index in [1.54, 1.807) is 24.3 Å². The van der Waals surface area contributed by atoms with Crippen molar-refractivity contribution in [3.8, 4) is 0 Å². The Morgan fingerprint density at radius 2 is 1.65 bits per heavy atom. The van der Waals surface area contributed by atoms with Crippen LogP contribution in [-0.2, 0) is 11.3 Å². The van der Waals surface area contributed by atoms with Gasteiger partial charge in [0.15, 0.2) is 5.96 Å². The summed E-state index contributed by atoms with van der Waals surface area (Å²) in [6, 6.07) is 15.3. The average molecular weight is 501 g/mol. The van der Waals surface area contributed by atoms with Crippen molar-refractivity contribution in [2.24, 2.45) is 11.5 Å². The van der Waals surface area contributed by atoms with Crippen molar-refractivity contribution in [1.29, 1.82) is 5.41 Å². The zero-order valence-electron chi connectivity index (χ0n) is 18.4. The molecule has 34 heavy (non-hydrogen) atoms. The largest absolute Gasteiger partial charge is 0.396 e. The number of halogens is 2. The summed E-state index contributed by atoms with van der Waals surface area (Å²) < 4.78 is 0. The van der Waals surface area contributed by atoms with Gasteiger partial charge in [0.05, 0.1) is 15.7 Å². The first-order valence-electron chi connectivity index (χ1n) is 10.6. The van der Waals surface area contributed by atoms with Crippen LogP contribution in [0.2, 0.25) is 10.0 Å². The first-order valence-corrected chi connectivity index (χ1v) is 11.3. The van der Waals surface area contributed by atoms with Crippen LogP contribution in [0.15, 0.2) is 54.6 Å². The highest BCUT2D eigenvalue weighted by Gasteiger charge is 2.29. The second kappa shape index (κ2) is 11.1. The first kappa shape index (κ1) is 25.1. The quantitative estimate of drug-likeness (QED) is 0.132. The van der Waals surface area contributed by atoms with E-state index in [4.69, 9.17) is 45.8 Å². The summed E-state index contributed by atoms with van der Waals surface area (Å²) in [5, 5.41) is 12.4. The number of guanidine groups is 1. The Morgan fingerprint density at radius 1 is 1.00 bits per heavy atom. The normalized spacial score (nSPS) is 11.7. The minimum Gasteiger partial charge on any atom is -0.396 e. The molecule has 0 saturated carbocycles. The number of hydrogen-bond donors (Lipinski definition) is 5. The number of rotatable bonds is 9. The van der Waals surface area contributed by atoms with E-state index in [1.807, 2.05) is 30.3 Å². The van der Waals surface area contributed by atoms with Crippen molar-refractivity contribution in [2.75, 3.05) is 12.3 Å². The molecule has 10 heteroatoms. The van der Waals surface area contributed by atoms with Gasteiger partial charge in [0, 0.05) is 18.7 Å². The Balaban J connectivity index is 1.97. The van der Waals surface area contributed by atoms with Gasteiger partial charge in [-0.15, -0.1) is 0 Å². The summed E-state index contributed by atoms with van der Waals surface area (Å²) in [5.41, 5.74) is 18.2. The fourth-order valence-electron chi connectivity index (χ4n) is 3.71. The van der Waals surface area contributed by atoms with Crippen LogP contribution >= 0.6 is 23.2 Å². The van der Waals surface area contributed by atoms with Crippen molar-refractivity contribution in [1.82, 2.24) is 10.2 Å². The summed E-state index contributed by atoms with van der Waals surface area (Å²) in [6.45, 7) is 0.399. The summed E-state index contributed by atoms with van der Waals surface area (Å²) in [6.07, 6.45) is 0.726. The van der Waals surface area contributed by atoms with Crippen LogP contribution in [-0.4, -0.2) is 35.3 Å². The molecule has 0 unspecified atom stereocenters. The number of nitrogens with two attached hydrogens (primary N) is 3. The number of carbonyl (C=O) groups is 2. The molecular formula is C24H26Cl2N6O2. The Labute approximate surface area is 207 Å². The van der Waals surface area contributed by atoms with Crippen LogP contribution in [0.1, 0.15) is 28.8 Å². The van der Waals surface area contributed by atoms with Gasteiger partial charge in [-0.2, -0.15) is 0 Å². The molecule has 0 heterocycles. The van der Waals surface area contributed by atoms with E-state index in [0.717, 1.165) is 10.8 Å². The molecule has 0 aliphatic rings. The van der Waals surface area contributed by atoms with Gasteiger partial charge >= 0.3 is 0 Å². The summed E-state index contributed by atoms with van der Waals surface area (Å²) in [5.74, 6) is -1.19. The molecule has 0 aliphatic heterocycles. The summed E-state index contributed by atoms with van der Waals surface area (Å²) in [7, 11) is 0. The fourth-order valence-corrected chi connectivity index (χ4v) is 4.24. The number of benzene rings is 3. The highest BCUT2D eigenvalue weighted by Crippen LogP contribution is 2.30. The van der Waals surface area contributed by atoms with E-state index < -0.39 is 11.9 Å². The lowest BCUT2D eigenvalue weighted by Crippen LogP contribution is -2.48. The maximum atomic E-state index is 13.7. The van der Waals surface area contributed by atoms with Crippen molar-refractivity contribution in [3.05, 3.63) is 75.8 Å². The Kier molecular flexibility index (Phi) is 8.20. The number of nitrogen functional groups attached to an aromatic ring is 1. The Hall–Kier alpha value is -3.49. The molecule has 8 nitrogen and oxygen atoms in total. The highest BCUT2D eigenvalue weighted by atomic mass is 35.5. The molecule has 0 spiro atoms. The molecule has 178 valence electrons. The van der Waals surface area contributed by atoms with E-state index in [0.29, 0.717) is 24.1 Å². The van der Waals surface area contributed by atoms with Crippen molar-refractivity contribution in [3.63, 3.8) is 0 Å². The number of amides is 2. The number of nitrogens with one attached hydrogen (secondary N) is 2. The van der Waals surface area contributed by atoms with E-state index in [2.05, 4.69) is 5.32 Å². The molecule has 2 amide bonds. The van der Waals surface area contributed by atoms with E-state index in [9.17, 15) is 9.59 Å². The van der Waals surface area contributed by atoms with Crippen LogP contribution in [0.5, 0.6) is 0 Å². The highest BCUT2D eigenvalue weighted by molar-refractivity contribution is 6.38. The predicted octanol–water partition coefficient (Wildman–Crippen LogP) is 3.49. The van der Waals surface area contributed by atoms with Crippen molar-refractivity contribution >= 4 is 57.4 Å². The molecule has 0 saturated heterocycles. The van der Waals surface area contributed by atoms with Crippen LogP contribution in [0.4, 0.5) is 5.69 Å². The maximum Gasteiger partial charge on any atom is 0.254 e. The van der Waals surface area contributed by atoms with Crippen molar-refractivity contribution < 1.29 is 9.59 Å². The van der Waals surface area contributed by atoms with Gasteiger partial charge in [0.25, 0.3) is 5.91 Å². The zero-order chi connectivity index (χ0) is 24.8. The van der Waals surface area contributed by atoms with Crippen LogP contribution in [0, 0.1) is 5.41 Å². The molecule has 0 bridgehead atoms. The minimum atomic E-state index is -0.914. The number of fused-ring (bicyclic) bond motifs is 1. The third-order valence-corrected chi connectivity index (χ3v) is 6.05. The third-order valence-electron chi connectivity index (χ3n) is 5.42. The number of primary amides is 1.